The normalized spacial score (nSPS) is 9.86. The van der Waals surface area contributed by atoms with Gasteiger partial charge in [-0.25, -0.2) is 0 Å². The third-order valence-electron chi connectivity index (χ3n) is 3.11. The Morgan fingerprint density at radius 2 is 2.00 bits per heavy atom. The highest BCUT2D eigenvalue weighted by Gasteiger charge is 2.09. The van der Waals surface area contributed by atoms with E-state index in [1.54, 1.807) is 0 Å². The number of aliphatic hydroxyl groups excluding tert-OH is 1. The van der Waals surface area contributed by atoms with Crippen LogP contribution >= 0.6 is 11.3 Å². The fourth-order valence-electron chi connectivity index (χ4n) is 1.80. The van der Waals surface area contributed by atoms with E-state index >= 15 is 0 Å². The number of thiophene rings is 1. The van der Waals surface area contributed by atoms with Crippen LogP contribution in [-0.2, 0) is 6.54 Å². The summed E-state index contributed by atoms with van der Waals surface area (Å²) in [5.41, 5.74) is 3.02. The summed E-state index contributed by atoms with van der Waals surface area (Å²) in [5, 5.41) is 11.6. The first-order chi connectivity index (χ1) is 10.1. The third kappa shape index (κ3) is 4.19. The lowest BCUT2D eigenvalue weighted by Crippen LogP contribution is -2.21. The topological polar surface area (TPSA) is 49.3 Å². The van der Waals surface area contributed by atoms with Gasteiger partial charge in [-0.2, -0.15) is 0 Å². The predicted octanol–water partition coefficient (Wildman–Crippen LogP) is 2.64. The van der Waals surface area contributed by atoms with Crippen molar-refractivity contribution in [1.29, 1.82) is 0 Å². The van der Waals surface area contributed by atoms with E-state index < -0.39 is 0 Å². The molecule has 2 N–H and O–H groups in total. The molecule has 1 amide bonds. The number of carbonyl (C=O) groups is 1. The summed E-state index contributed by atoms with van der Waals surface area (Å²) in [4.78, 5) is 14.0. The molecule has 0 aliphatic heterocycles. The van der Waals surface area contributed by atoms with Gasteiger partial charge in [0.1, 0.15) is 6.61 Å². The van der Waals surface area contributed by atoms with Crippen molar-refractivity contribution in [2.24, 2.45) is 0 Å². The number of carbonyl (C=O) groups excluding carboxylic acids is 1. The number of aliphatic hydroxyl groups is 1. The van der Waals surface area contributed by atoms with Crippen LogP contribution in [0, 0.1) is 25.7 Å². The van der Waals surface area contributed by atoms with E-state index in [1.807, 2.05) is 44.2 Å². The Balaban J connectivity index is 1.95. The van der Waals surface area contributed by atoms with Crippen molar-refractivity contribution in [2.45, 2.75) is 20.4 Å². The molecule has 0 unspecified atom stereocenters. The number of amides is 1. The Morgan fingerprint density at radius 3 is 2.57 bits per heavy atom. The van der Waals surface area contributed by atoms with E-state index in [-0.39, 0.29) is 12.5 Å². The van der Waals surface area contributed by atoms with Crippen molar-refractivity contribution in [3.05, 3.63) is 56.8 Å². The Kier molecular flexibility index (Phi) is 5.15. The van der Waals surface area contributed by atoms with Crippen molar-refractivity contribution >= 4 is 17.2 Å². The monoisotopic (exact) mass is 299 g/mol. The van der Waals surface area contributed by atoms with Gasteiger partial charge >= 0.3 is 0 Å². The Hall–Kier alpha value is -2.09. The molecule has 2 aromatic rings. The fraction of sp³-hybridized carbons (Fsp3) is 0.235. The van der Waals surface area contributed by atoms with Crippen LogP contribution in [0.3, 0.4) is 0 Å². The summed E-state index contributed by atoms with van der Waals surface area (Å²) in [7, 11) is 0. The zero-order chi connectivity index (χ0) is 15.2. The molecule has 1 heterocycles. The van der Waals surface area contributed by atoms with Crippen molar-refractivity contribution in [1.82, 2.24) is 5.32 Å². The molecule has 1 aromatic carbocycles. The first-order valence-electron chi connectivity index (χ1n) is 6.64. The first kappa shape index (κ1) is 15.3. The molecule has 0 spiro atoms. The molecular formula is C17H17NO2S. The van der Waals surface area contributed by atoms with Crippen molar-refractivity contribution < 1.29 is 9.90 Å². The van der Waals surface area contributed by atoms with Gasteiger partial charge in [-0.3, -0.25) is 4.79 Å². The molecule has 21 heavy (non-hydrogen) atoms. The predicted molar refractivity (Wildman–Crippen MR) is 85.4 cm³/mol. The third-order valence-corrected chi connectivity index (χ3v) is 4.26. The Morgan fingerprint density at radius 1 is 1.29 bits per heavy atom. The van der Waals surface area contributed by atoms with Gasteiger partial charge < -0.3 is 10.4 Å². The molecule has 3 nitrogen and oxygen atoms in total. The lowest BCUT2D eigenvalue weighted by Gasteiger charge is -2.04. The number of rotatable bonds is 3. The minimum Gasteiger partial charge on any atom is -0.384 e. The Labute approximate surface area is 128 Å². The average Bonchev–Trinajstić information content (AvgIpc) is 2.83. The smallest absolute Gasteiger partial charge is 0.261 e. The second-order valence-corrected chi connectivity index (χ2v) is 5.95. The second-order valence-electron chi connectivity index (χ2n) is 4.69. The zero-order valence-electron chi connectivity index (χ0n) is 12.1. The lowest BCUT2D eigenvalue weighted by atomic mass is 10.1. The van der Waals surface area contributed by atoms with Gasteiger partial charge in [0.25, 0.3) is 5.91 Å². The molecule has 0 fully saturated rings. The van der Waals surface area contributed by atoms with Gasteiger partial charge in [-0.15, -0.1) is 11.3 Å². The van der Waals surface area contributed by atoms with Gasteiger partial charge in [0.15, 0.2) is 0 Å². The summed E-state index contributed by atoms with van der Waals surface area (Å²) in [6.45, 7) is 4.37. The molecule has 4 heteroatoms. The summed E-state index contributed by atoms with van der Waals surface area (Å²) in [6, 6.07) is 9.52. The maximum Gasteiger partial charge on any atom is 0.261 e. The van der Waals surface area contributed by atoms with E-state index in [2.05, 4.69) is 17.2 Å². The van der Waals surface area contributed by atoms with Gasteiger partial charge in [0, 0.05) is 17.0 Å². The SMILES string of the molecule is Cc1cc(C(=O)NCc2ccc(C#CCO)cc2)sc1C. The summed E-state index contributed by atoms with van der Waals surface area (Å²) < 4.78 is 0. The van der Waals surface area contributed by atoms with Gasteiger partial charge in [0.05, 0.1) is 4.88 Å². The number of hydrogen-bond acceptors (Lipinski definition) is 3. The number of hydrogen-bond donors (Lipinski definition) is 2. The average molecular weight is 299 g/mol. The van der Waals surface area contributed by atoms with E-state index in [0.717, 1.165) is 21.6 Å². The maximum absolute atomic E-state index is 12.0. The second kappa shape index (κ2) is 7.07. The summed E-state index contributed by atoms with van der Waals surface area (Å²) in [6.07, 6.45) is 0. The maximum atomic E-state index is 12.0. The molecule has 0 saturated carbocycles. The molecule has 0 saturated heterocycles. The van der Waals surface area contributed by atoms with Crippen molar-refractivity contribution in [3.63, 3.8) is 0 Å². The standard InChI is InChI=1S/C17H17NO2S/c1-12-10-16(21-13(12)2)17(20)18-11-15-7-5-14(6-8-15)4-3-9-19/h5-8,10,19H,9,11H2,1-2H3,(H,18,20). The van der Waals surface area contributed by atoms with Crippen LogP contribution in [0.15, 0.2) is 30.3 Å². The van der Waals surface area contributed by atoms with Crippen molar-refractivity contribution in [2.75, 3.05) is 6.61 Å². The highest BCUT2D eigenvalue weighted by atomic mass is 32.1. The van der Waals surface area contributed by atoms with Crippen LogP contribution in [0.5, 0.6) is 0 Å². The summed E-state index contributed by atoms with van der Waals surface area (Å²) >= 11 is 1.52. The van der Waals surface area contributed by atoms with Crippen molar-refractivity contribution in [3.8, 4) is 11.8 Å². The minimum atomic E-state index is -0.141. The molecule has 2 rings (SSSR count). The quantitative estimate of drug-likeness (QED) is 0.856. The molecule has 0 bridgehead atoms. The lowest BCUT2D eigenvalue weighted by molar-refractivity contribution is 0.0955. The number of nitrogens with one attached hydrogen (secondary N) is 1. The van der Waals surface area contributed by atoms with Gasteiger partial charge in [-0.1, -0.05) is 24.0 Å². The molecule has 0 aliphatic carbocycles. The summed E-state index contributed by atoms with van der Waals surface area (Å²) in [5.74, 6) is 5.39. The van der Waals surface area contributed by atoms with Gasteiger partial charge in [-0.05, 0) is 43.2 Å². The zero-order valence-corrected chi connectivity index (χ0v) is 12.9. The van der Waals surface area contributed by atoms with Crippen LogP contribution in [0.25, 0.3) is 0 Å². The highest BCUT2D eigenvalue weighted by molar-refractivity contribution is 7.14. The highest BCUT2D eigenvalue weighted by Crippen LogP contribution is 2.20. The largest absolute Gasteiger partial charge is 0.384 e. The molecule has 108 valence electrons. The fourth-order valence-corrected chi connectivity index (χ4v) is 2.75. The van der Waals surface area contributed by atoms with Gasteiger partial charge in [0.2, 0.25) is 0 Å². The van der Waals surface area contributed by atoms with E-state index in [4.69, 9.17) is 5.11 Å². The van der Waals surface area contributed by atoms with Crippen LogP contribution in [0.4, 0.5) is 0 Å². The number of aryl methyl sites for hydroxylation is 2. The van der Waals surface area contributed by atoms with E-state index in [0.29, 0.717) is 6.54 Å². The van der Waals surface area contributed by atoms with Crippen LogP contribution in [-0.4, -0.2) is 17.6 Å². The molecule has 0 aliphatic rings. The molecule has 0 radical (unpaired) electrons. The van der Waals surface area contributed by atoms with Crippen LogP contribution < -0.4 is 5.32 Å². The molecule has 1 aromatic heterocycles. The van der Waals surface area contributed by atoms with E-state index in [9.17, 15) is 4.79 Å². The molecular weight excluding hydrogens is 282 g/mol. The number of benzene rings is 1. The first-order valence-corrected chi connectivity index (χ1v) is 7.45. The van der Waals surface area contributed by atoms with Crippen LogP contribution in [0.1, 0.15) is 31.2 Å². The van der Waals surface area contributed by atoms with Crippen LogP contribution in [0.2, 0.25) is 0 Å². The van der Waals surface area contributed by atoms with E-state index in [1.165, 1.54) is 16.2 Å². The Bertz CT molecular complexity index is 670. The molecule has 0 atom stereocenters. The minimum absolute atomic E-state index is 0.0413.